The molecule has 1 N–H and O–H groups in total. The second-order valence-electron chi connectivity index (χ2n) is 5.68. The maximum atomic E-state index is 5.72. The van der Waals surface area contributed by atoms with Gasteiger partial charge in [-0.15, -0.1) is 11.3 Å². The molecule has 0 spiro atoms. The fourth-order valence-corrected chi connectivity index (χ4v) is 4.42. The Balaban J connectivity index is 1.85. The van der Waals surface area contributed by atoms with Crippen molar-refractivity contribution >= 4 is 27.3 Å². The summed E-state index contributed by atoms with van der Waals surface area (Å²) >= 11 is 5.52. The van der Waals surface area contributed by atoms with E-state index in [1.807, 2.05) is 11.3 Å². The number of ether oxygens (including phenoxy) is 1. The topological polar surface area (TPSA) is 21.3 Å². The van der Waals surface area contributed by atoms with Gasteiger partial charge in [0.2, 0.25) is 0 Å². The predicted octanol–water partition coefficient (Wildman–Crippen LogP) is 5.21. The van der Waals surface area contributed by atoms with E-state index in [0.29, 0.717) is 12.1 Å². The molecule has 0 radical (unpaired) electrons. The molecule has 114 valence electrons. The standard InChI is InChI=1S/C16H26BrNOS/c1-3-9-18-14(15-11-12(2)16(17)20-15)8-4-6-13-7-5-10-19-13/h11,13-14,18H,3-10H2,1-2H3. The normalized spacial score (nSPS) is 20.4. The van der Waals surface area contributed by atoms with Gasteiger partial charge in [0.05, 0.1) is 9.89 Å². The summed E-state index contributed by atoms with van der Waals surface area (Å²) in [5, 5.41) is 3.70. The molecular weight excluding hydrogens is 334 g/mol. The van der Waals surface area contributed by atoms with Gasteiger partial charge in [-0.2, -0.15) is 0 Å². The van der Waals surface area contributed by atoms with Crippen LogP contribution in [0.2, 0.25) is 0 Å². The first kappa shape index (κ1) is 16.5. The van der Waals surface area contributed by atoms with Gasteiger partial charge in [0, 0.05) is 17.5 Å². The summed E-state index contributed by atoms with van der Waals surface area (Å²) in [4.78, 5) is 1.47. The van der Waals surface area contributed by atoms with Crippen LogP contribution in [0.15, 0.2) is 9.85 Å². The van der Waals surface area contributed by atoms with Crippen LogP contribution in [0.1, 0.15) is 61.9 Å². The van der Waals surface area contributed by atoms with Gasteiger partial charge in [0.1, 0.15) is 0 Å². The maximum absolute atomic E-state index is 5.72. The van der Waals surface area contributed by atoms with E-state index in [2.05, 4.69) is 41.2 Å². The zero-order valence-corrected chi connectivity index (χ0v) is 15.0. The lowest BCUT2D eigenvalue weighted by Gasteiger charge is -2.18. The molecule has 2 heterocycles. The third-order valence-electron chi connectivity index (χ3n) is 3.90. The van der Waals surface area contributed by atoms with Crippen LogP contribution in [0, 0.1) is 6.92 Å². The molecule has 2 atom stereocenters. The molecule has 2 unspecified atom stereocenters. The lowest BCUT2D eigenvalue weighted by Crippen LogP contribution is -2.21. The third-order valence-corrected chi connectivity index (χ3v) is 6.15. The summed E-state index contributed by atoms with van der Waals surface area (Å²) in [6.07, 6.45) is 7.91. The molecule has 1 saturated heterocycles. The first-order valence-electron chi connectivity index (χ1n) is 7.81. The Kier molecular flexibility index (Phi) is 7.02. The van der Waals surface area contributed by atoms with Gasteiger partial charge in [-0.3, -0.25) is 0 Å². The average Bonchev–Trinajstić information content (AvgIpc) is 3.05. The number of hydrogen-bond donors (Lipinski definition) is 1. The Morgan fingerprint density at radius 3 is 3.00 bits per heavy atom. The summed E-state index contributed by atoms with van der Waals surface area (Å²) in [5.74, 6) is 0. The van der Waals surface area contributed by atoms with Crippen LogP contribution >= 0.6 is 27.3 Å². The summed E-state index contributed by atoms with van der Waals surface area (Å²) in [6, 6.07) is 2.83. The van der Waals surface area contributed by atoms with Crippen molar-refractivity contribution in [2.24, 2.45) is 0 Å². The highest BCUT2D eigenvalue weighted by Crippen LogP contribution is 2.33. The number of nitrogens with one attached hydrogen (secondary N) is 1. The predicted molar refractivity (Wildman–Crippen MR) is 90.6 cm³/mol. The minimum atomic E-state index is 0.506. The summed E-state index contributed by atoms with van der Waals surface area (Å²) in [5.41, 5.74) is 1.35. The molecule has 1 aliphatic heterocycles. The summed E-state index contributed by atoms with van der Waals surface area (Å²) in [7, 11) is 0. The van der Waals surface area contributed by atoms with Gasteiger partial charge >= 0.3 is 0 Å². The summed E-state index contributed by atoms with van der Waals surface area (Å²) in [6.45, 7) is 6.47. The van der Waals surface area contributed by atoms with Crippen molar-refractivity contribution in [2.45, 2.75) is 64.5 Å². The highest BCUT2D eigenvalue weighted by atomic mass is 79.9. The SMILES string of the molecule is CCCNC(CCCC1CCCO1)c1cc(C)c(Br)s1. The van der Waals surface area contributed by atoms with Crippen molar-refractivity contribution in [1.29, 1.82) is 0 Å². The van der Waals surface area contributed by atoms with Gasteiger partial charge in [-0.05, 0) is 79.6 Å². The molecule has 1 aromatic rings. The van der Waals surface area contributed by atoms with Crippen LogP contribution < -0.4 is 5.32 Å². The van der Waals surface area contributed by atoms with Gasteiger partial charge in [-0.1, -0.05) is 6.92 Å². The van der Waals surface area contributed by atoms with Gasteiger partial charge in [0.25, 0.3) is 0 Å². The monoisotopic (exact) mass is 359 g/mol. The van der Waals surface area contributed by atoms with Gasteiger partial charge in [-0.25, -0.2) is 0 Å². The maximum Gasteiger partial charge on any atom is 0.0731 e. The average molecular weight is 360 g/mol. The lowest BCUT2D eigenvalue weighted by molar-refractivity contribution is 0.101. The van der Waals surface area contributed by atoms with E-state index < -0.39 is 0 Å². The molecule has 4 heteroatoms. The Morgan fingerprint density at radius 1 is 1.55 bits per heavy atom. The fourth-order valence-electron chi connectivity index (χ4n) is 2.74. The highest BCUT2D eigenvalue weighted by Gasteiger charge is 2.18. The van der Waals surface area contributed by atoms with Crippen LogP contribution in [-0.4, -0.2) is 19.3 Å². The molecule has 20 heavy (non-hydrogen) atoms. The van der Waals surface area contributed by atoms with Gasteiger partial charge in [0.15, 0.2) is 0 Å². The van der Waals surface area contributed by atoms with E-state index in [1.165, 1.54) is 52.8 Å². The quantitative estimate of drug-likeness (QED) is 0.687. The lowest BCUT2D eigenvalue weighted by atomic mass is 10.0. The molecule has 2 rings (SSSR count). The van der Waals surface area contributed by atoms with Crippen molar-refractivity contribution in [3.05, 3.63) is 20.3 Å². The first-order chi connectivity index (χ1) is 9.70. The largest absolute Gasteiger partial charge is 0.378 e. The van der Waals surface area contributed by atoms with Crippen molar-refractivity contribution in [2.75, 3.05) is 13.2 Å². The molecular formula is C16H26BrNOS. The minimum absolute atomic E-state index is 0.506. The minimum Gasteiger partial charge on any atom is -0.378 e. The van der Waals surface area contributed by atoms with Crippen LogP contribution in [0.4, 0.5) is 0 Å². The van der Waals surface area contributed by atoms with E-state index in [-0.39, 0.29) is 0 Å². The molecule has 1 aromatic heterocycles. The van der Waals surface area contributed by atoms with Crippen molar-refractivity contribution < 1.29 is 4.74 Å². The van der Waals surface area contributed by atoms with E-state index in [0.717, 1.165) is 13.2 Å². The molecule has 1 aliphatic rings. The number of hydrogen-bond acceptors (Lipinski definition) is 3. The van der Waals surface area contributed by atoms with Crippen LogP contribution in [0.3, 0.4) is 0 Å². The Morgan fingerprint density at radius 2 is 2.40 bits per heavy atom. The van der Waals surface area contributed by atoms with Gasteiger partial charge < -0.3 is 10.1 Å². The van der Waals surface area contributed by atoms with E-state index in [1.54, 1.807) is 0 Å². The fraction of sp³-hybridized carbons (Fsp3) is 0.750. The van der Waals surface area contributed by atoms with E-state index in [4.69, 9.17) is 4.74 Å². The third kappa shape index (κ3) is 4.83. The molecule has 2 nitrogen and oxygen atoms in total. The van der Waals surface area contributed by atoms with Crippen molar-refractivity contribution in [1.82, 2.24) is 5.32 Å². The first-order valence-corrected chi connectivity index (χ1v) is 9.42. The Bertz CT molecular complexity index is 382. The Hall–Kier alpha value is 0.1000. The Labute approximate surface area is 135 Å². The molecule has 0 amide bonds. The zero-order valence-electron chi connectivity index (χ0n) is 12.6. The molecule has 0 bridgehead atoms. The van der Waals surface area contributed by atoms with Crippen LogP contribution in [0.5, 0.6) is 0 Å². The van der Waals surface area contributed by atoms with E-state index >= 15 is 0 Å². The molecule has 0 aliphatic carbocycles. The van der Waals surface area contributed by atoms with E-state index in [9.17, 15) is 0 Å². The number of thiophene rings is 1. The van der Waals surface area contributed by atoms with Crippen molar-refractivity contribution in [3.8, 4) is 0 Å². The summed E-state index contributed by atoms with van der Waals surface area (Å²) < 4.78 is 6.99. The number of halogens is 1. The van der Waals surface area contributed by atoms with Crippen LogP contribution in [-0.2, 0) is 4.74 Å². The smallest absolute Gasteiger partial charge is 0.0731 e. The highest BCUT2D eigenvalue weighted by molar-refractivity contribution is 9.11. The number of aryl methyl sites for hydroxylation is 1. The second-order valence-corrected chi connectivity index (χ2v) is 8.08. The van der Waals surface area contributed by atoms with Crippen LogP contribution in [0.25, 0.3) is 0 Å². The second kappa shape index (κ2) is 8.52. The van der Waals surface area contributed by atoms with Crippen molar-refractivity contribution in [3.63, 3.8) is 0 Å². The zero-order chi connectivity index (χ0) is 14.4. The number of rotatable bonds is 8. The molecule has 1 fully saturated rings. The molecule has 0 saturated carbocycles. The molecule has 0 aromatic carbocycles.